The highest BCUT2D eigenvalue weighted by Gasteiger charge is 2.06. The van der Waals surface area contributed by atoms with Crippen LogP contribution in [0.25, 0.3) is 0 Å². The van der Waals surface area contributed by atoms with Gasteiger partial charge in [0.2, 0.25) is 0 Å². The quantitative estimate of drug-likeness (QED) is 0.676. The van der Waals surface area contributed by atoms with Gasteiger partial charge in [0.1, 0.15) is 0 Å². The number of anilines is 1. The molecule has 0 radical (unpaired) electrons. The predicted octanol–water partition coefficient (Wildman–Crippen LogP) is 2.97. The van der Waals surface area contributed by atoms with Gasteiger partial charge in [-0.15, -0.1) is 11.8 Å². The van der Waals surface area contributed by atoms with Crippen LogP contribution in [0.3, 0.4) is 0 Å². The van der Waals surface area contributed by atoms with E-state index in [1.165, 1.54) is 0 Å². The molecule has 4 heteroatoms. The zero-order valence-corrected chi connectivity index (χ0v) is 12.5. The van der Waals surface area contributed by atoms with Gasteiger partial charge in [-0.1, -0.05) is 24.0 Å². The molecule has 0 aliphatic heterocycles. The number of hydrogen-bond acceptors (Lipinski definition) is 3. The summed E-state index contributed by atoms with van der Waals surface area (Å²) in [5, 5.41) is 2.89. The Labute approximate surface area is 128 Å². The van der Waals surface area contributed by atoms with Gasteiger partial charge in [0.25, 0.3) is 5.91 Å². The van der Waals surface area contributed by atoms with Crippen molar-refractivity contribution in [3.63, 3.8) is 0 Å². The number of thioether (sulfide) groups is 1. The van der Waals surface area contributed by atoms with Gasteiger partial charge >= 0.3 is 0 Å². The Morgan fingerprint density at radius 1 is 1.24 bits per heavy atom. The third-order valence-corrected chi connectivity index (χ3v) is 3.51. The molecule has 0 aliphatic carbocycles. The first kappa shape index (κ1) is 15.2. The van der Waals surface area contributed by atoms with Crippen molar-refractivity contribution in [1.29, 1.82) is 0 Å². The SMILES string of the molecule is CSc1cccc(NC(=O)c2cccc(C#CCN)c2)c1. The Balaban J connectivity index is 2.16. The maximum atomic E-state index is 12.2. The van der Waals surface area contributed by atoms with Crippen molar-refractivity contribution in [3.8, 4) is 11.8 Å². The maximum absolute atomic E-state index is 12.2. The molecule has 0 aromatic heterocycles. The van der Waals surface area contributed by atoms with Crippen molar-refractivity contribution in [3.05, 3.63) is 59.7 Å². The zero-order valence-electron chi connectivity index (χ0n) is 11.7. The lowest BCUT2D eigenvalue weighted by Gasteiger charge is -2.07. The zero-order chi connectivity index (χ0) is 15.1. The molecule has 106 valence electrons. The first-order valence-electron chi connectivity index (χ1n) is 6.47. The smallest absolute Gasteiger partial charge is 0.255 e. The Bertz CT molecular complexity index is 701. The van der Waals surface area contributed by atoms with Crippen molar-refractivity contribution in [2.75, 3.05) is 18.1 Å². The van der Waals surface area contributed by atoms with Crippen LogP contribution in [0.15, 0.2) is 53.4 Å². The van der Waals surface area contributed by atoms with Crippen LogP contribution in [0.5, 0.6) is 0 Å². The minimum absolute atomic E-state index is 0.148. The van der Waals surface area contributed by atoms with E-state index in [0.717, 1.165) is 16.1 Å². The van der Waals surface area contributed by atoms with E-state index in [1.807, 2.05) is 42.7 Å². The first-order valence-corrected chi connectivity index (χ1v) is 7.70. The van der Waals surface area contributed by atoms with Gasteiger partial charge in [-0.25, -0.2) is 0 Å². The molecule has 0 aliphatic rings. The summed E-state index contributed by atoms with van der Waals surface area (Å²) < 4.78 is 0. The molecule has 2 aromatic carbocycles. The van der Waals surface area contributed by atoms with Crippen LogP contribution in [0.1, 0.15) is 15.9 Å². The fourth-order valence-corrected chi connectivity index (χ4v) is 2.25. The van der Waals surface area contributed by atoms with Crippen LogP contribution < -0.4 is 11.1 Å². The highest BCUT2D eigenvalue weighted by molar-refractivity contribution is 7.98. The summed E-state index contributed by atoms with van der Waals surface area (Å²) >= 11 is 1.64. The van der Waals surface area contributed by atoms with Crippen molar-refractivity contribution < 1.29 is 4.79 Å². The largest absolute Gasteiger partial charge is 0.322 e. The standard InChI is InChI=1S/C17H16N2OS/c1-21-16-9-3-8-15(12-16)19-17(20)14-7-2-5-13(11-14)6-4-10-18/h2-3,5,7-9,11-12H,10,18H2,1H3,(H,19,20). The maximum Gasteiger partial charge on any atom is 0.255 e. The van der Waals surface area contributed by atoms with E-state index in [9.17, 15) is 4.79 Å². The molecular formula is C17H16N2OS. The van der Waals surface area contributed by atoms with Gasteiger partial charge in [-0.3, -0.25) is 4.79 Å². The first-order chi connectivity index (χ1) is 10.2. The topological polar surface area (TPSA) is 55.1 Å². The average Bonchev–Trinajstić information content (AvgIpc) is 2.53. The van der Waals surface area contributed by atoms with Crippen molar-refractivity contribution in [2.24, 2.45) is 5.73 Å². The summed E-state index contributed by atoms with van der Waals surface area (Å²) in [7, 11) is 0. The molecule has 3 nitrogen and oxygen atoms in total. The minimum atomic E-state index is -0.148. The molecular weight excluding hydrogens is 280 g/mol. The molecule has 2 aromatic rings. The number of carbonyl (C=O) groups is 1. The summed E-state index contributed by atoms with van der Waals surface area (Å²) in [4.78, 5) is 13.4. The monoisotopic (exact) mass is 296 g/mol. The molecule has 21 heavy (non-hydrogen) atoms. The van der Waals surface area contributed by atoms with Crippen LogP contribution in [-0.4, -0.2) is 18.7 Å². The molecule has 1 amide bonds. The number of nitrogens with one attached hydrogen (secondary N) is 1. The number of rotatable bonds is 3. The van der Waals surface area contributed by atoms with E-state index in [2.05, 4.69) is 17.2 Å². The van der Waals surface area contributed by atoms with Gasteiger partial charge in [0.05, 0.1) is 6.54 Å². The van der Waals surface area contributed by atoms with Crippen molar-refractivity contribution in [1.82, 2.24) is 0 Å². The molecule has 0 saturated carbocycles. The second kappa shape index (κ2) is 7.53. The second-order valence-electron chi connectivity index (χ2n) is 4.27. The molecule has 0 heterocycles. The molecule has 3 N–H and O–H groups in total. The number of hydrogen-bond donors (Lipinski definition) is 2. The van der Waals surface area contributed by atoms with Gasteiger partial charge < -0.3 is 11.1 Å². The van der Waals surface area contributed by atoms with E-state index < -0.39 is 0 Å². The Morgan fingerprint density at radius 3 is 2.81 bits per heavy atom. The number of nitrogens with two attached hydrogens (primary N) is 1. The Kier molecular flexibility index (Phi) is 5.44. The molecule has 2 rings (SSSR count). The van der Waals surface area contributed by atoms with Crippen LogP contribution in [0.2, 0.25) is 0 Å². The molecule has 0 atom stereocenters. The van der Waals surface area contributed by atoms with Crippen LogP contribution in [-0.2, 0) is 0 Å². The summed E-state index contributed by atoms with van der Waals surface area (Å²) in [6.45, 7) is 0.303. The number of carbonyl (C=O) groups excluding carboxylic acids is 1. The summed E-state index contributed by atoms with van der Waals surface area (Å²) in [5.41, 5.74) is 7.49. The van der Waals surface area contributed by atoms with Crippen molar-refractivity contribution in [2.45, 2.75) is 4.90 Å². The van der Waals surface area contributed by atoms with Gasteiger partial charge in [0.15, 0.2) is 0 Å². The van der Waals surface area contributed by atoms with Gasteiger partial charge in [0, 0.05) is 21.7 Å². The van der Waals surface area contributed by atoms with Crippen LogP contribution in [0.4, 0.5) is 5.69 Å². The second-order valence-corrected chi connectivity index (χ2v) is 5.15. The normalized spacial score (nSPS) is 9.62. The van der Waals surface area contributed by atoms with E-state index in [4.69, 9.17) is 5.73 Å². The average molecular weight is 296 g/mol. The van der Waals surface area contributed by atoms with Crippen LogP contribution >= 0.6 is 11.8 Å². The van der Waals surface area contributed by atoms with E-state index >= 15 is 0 Å². The fourth-order valence-electron chi connectivity index (χ4n) is 1.80. The lowest BCUT2D eigenvalue weighted by molar-refractivity contribution is 0.102. The summed E-state index contributed by atoms with van der Waals surface area (Å²) in [6.07, 6.45) is 2.00. The molecule has 0 fully saturated rings. The minimum Gasteiger partial charge on any atom is -0.322 e. The van der Waals surface area contributed by atoms with Gasteiger partial charge in [-0.05, 0) is 42.7 Å². The number of amides is 1. The van der Waals surface area contributed by atoms with E-state index in [-0.39, 0.29) is 5.91 Å². The van der Waals surface area contributed by atoms with Crippen molar-refractivity contribution >= 4 is 23.4 Å². The third-order valence-electron chi connectivity index (χ3n) is 2.79. The van der Waals surface area contributed by atoms with E-state index in [1.54, 1.807) is 23.9 Å². The molecule has 0 unspecified atom stereocenters. The predicted molar refractivity (Wildman–Crippen MR) is 88.6 cm³/mol. The lowest BCUT2D eigenvalue weighted by Crippen LogP contribution is -2.11. The van der Waals surface area contributed by atoms with E-state index in [0.29, 0.717) is 12.1 Å². The van der Waals surface area contributed by atoms with Crippen LogP contribution in [0, 0.1) is 11.8 Å². The molecule has 0 bridgehead atoms. The summed E-state index contributed by atoms with van der Waals surface area (Å²) in [5.74, 6) is 5.55. The third kappa shape index (κ3) is 4.38. The number of benzene rings is 2. The molecule has 0 spiro atoms. The Hall–Kier alpha value is -2.22. The Morgan fingerprint density at radius 2 is 2.05 bits per heavy atom. The highest BCUT2D eigenvalue weighted by atomic mass is 32.2. The fraction of sp³-hybridized carbons (Fsp3) is 0.118. The lowest BCUT2D eigenvalue weighted by atomic mass is 10.1. The highest BCUT2D eigenvalue weighted by Crippen LogP contribution is 2.19. The van der Waals surface area contributed by atoms with Gasteiger partial charge in [-0.2, -0.15) is 0 Å². The summed E-state index contributed by atoms with van der Waals surface area (Å²) in [6, 6.07) is 14.9. The molecule has 0 saturated heterocycles.